The van der Waals surface area contributed by atoms with Crippen LogP contribution >= 0.6 is 0 Å². The van der Waals surface area contributed by atoms with Crippen LogP contribution in [0, 0.1) is 29.0 Å². The van der Waals surface area contributed by atoms with E-state index in [1.165, 1.54) is 45.7 Å². The number of rotatable bonds is 6. The third kappa shape index (κ3) is 18.1. The molecule has 3 nitrogen and oxygen atoms in total. The molecule has 3 rings (SSSR count). The zero-order chi connectivity index (χ0) is 30.1. The molecule has 2 aliphatic heterocycles. The minimum atomic E-state index is -0.905. The lowest BCUT2D eigenvalue weighted by Crippen LogP contribution is -2.57. The van der Waals surface area contributed by atoms with Gasteiger partial charge in [-0.15, -0.1) is 0 Å². The molecule has 2 saturated heterocycles. The maximum atomic E-state index is 13.0. The van der Waals surface area contributed by atoms with Crippen molar-refractivity contribution in [3.8, 4) is 0 Å². The lowest BCUT2D eigenvalue weighted by molar-refractivity contribution is -0.0220. The van der Waals surface area contributed by atoms with Crippen LogP contribution in [0.3, 0.4) is 0 Å². The van der Waals surface area contributed by atoms with E-state index in [9.17, 15) is 8.78 Å². The summed E-state index contributed by atoms with van der Waals surface area (Å²) in [7, 11) is 0. The monoisotopic (exact) mass is 551 g/mol. The van der Waals surface area contributed by atoms with Crippen molar-refractivity contribution in [2.75, 3.05) is 58.9 Å². The van der Waals surface area contributed by atoms with Gasteiger partial charge < -0.3 is 9.80 Å². The fourth-order valence-corrected chi connectivity index (χ4v) is 5.22. The van der Waals surface area contributed by atoms with Gasteiger partial charge in [0.25, 0.3) is 0 Å². The Morgan fingerprint density at radius 2 is 1.28 bits per heavy atom. The van der Waals surface area contributed by atoms with Crippen molar-refractivity contribution in [1.29, 1.82) is 0 Å². The van der Waals surface area contributed by atoms with Gasteiger partial charge in [-0.1, -0.05) is 75.3 Å². The van der Waals surface area contributed by atoms with Gasteiger partial charge in [0.2, 0.25) is 0 Å². The number of piperazine rings is 1. The average Bonchev–Trinajstić information content (AvgIpc) is 2.69. The molecule has 0 atom stereocenters. The van der Waals surface area contributed by atoms with Gasteiger partial charge in [-0.25, -0.2) is 8.78 Å². The van der Waals surface area contributed by atoms with E-state index in [1.807, 2.05) is 13.0 Å². The van der Waals surface area contributed by atoms with E-state index in [4.69, 9.17) is 0 Å². The van der Waals surface area contributed by atoms with E-state index in [0.29, 0.717) is 23.9 Å². The van der Waals surface area contributed by atoms with Crippen molar-refractivity contribution in [2.24, 2.45) is 16.2 Å². The van der Waals surface area contributed by atoms with Crippen LogP contribution in [-0.4, -0.2) is 79.3 Å². The van der Waals surface area contributed by atoms with Crippen LogP contribution in [0.1, 0.15) is 100 Å². The third-order valence-corrected chi connectivity index (χ3v) is 6.82. The van der Waals surface area contributed by atoms with Crippen molar-refractivity contribution in [1.82, 2.24) is 14.7 Å². The van der Waals surface area contributed by atoms with Gasteiger partial charge >= 0.3 is 0 Å². The third-order valence-electron chi connectivity index (χ3n) is 6.82. The summed E-state index contributed by atoms with van der Waals surface area (Å²) in [5, 5.41) is 0. The van der Waals surface area contributed by atoms with Crippen LogP contribution in [0.4, 0.5) is 8.78 Å². The molecule has 0 aromatic heterocycles. The molecule has 2 aliphatic rings. The van der Waals surface area contributed by atoms with E-state index < -0.39 is 5.67 Å². The van der Waals surface area contributed by atoms with Crippen molar-refractivity contribution < 1.29 is 8.78 Å². The van der Waals surface area contributed by atoms with Crippen molar-refractivity contribution >= 4 is 0 Å². The minimum absolute atomic E-state index is 0.126. The first-order chi connectivity index (χ1) is 17.7. The number of hydrogen-bond donors (Lipinski definition) is 0. The summed E-state index contributed by atoms with van der Waals surface area (Å²) in [6.45, 7) is 35.9. The maximum Gasteiger partial charge on any atom is 0.133 e. The molecule has 0 N–H and O–H groups in total. The Bertz CT molecular complexity index is 794. The van der Waals surface area contributed by atoms with E-state index in [2.05, 4.69) is 83.9 Å². The smallest absolute Gasteiger partial charge is 0.133 e. The number of alkyl halides is 1. The quantitative estimate of drug-likeness (QED) is 0.352. The van der Waals surface area contributed by atoms with E-state index in [1.54, 1.807) is 19.1 Å². The molecule has 1 aromatic carbocycles. The number of aryl methyl sites for hydroxylation is 1. The molecule has 0 amide bonds. The minimum Gasteiger partial charge on any atom is -0.301 e. The standard InChI is InChI=1S/C12H17F.C12H26N2.C10H20FN/c1-9-5-10(7-11(13)6-9)8-12(2,3)4;1-5-6-13-7-9-14(10-8-13)11-12(2,3)4;1-9(2,3)5-6-12-7-10(4,11)8-12/h5-7H,8H2,1-4H3;5-11H2,1-4H3;5-8H2,1-4H3. The Morgan fingerprint density at radius 3 is 1.69 bits per heavy atom. The van der Waals surface area contributed by atoms with Crippen LogP contribution in [0.5, 0.6) is 0 Å². The molecule has 0 bridgehead atoms. The highest BCUT2D eigenvalue weighted by Crippen LogP contribution is 2.27. The lowest BCUT2D eigenvalue weighted by atomic mass is 9.88. The second-order valence-corrected chi connectivity index (χ2v) is 16.0. The molecule has 2 fully saturated rings. The van der Waals surface area contributed by atoms with Gasteiger partial charge in [0.15, 0.2) is 0 Å². The molecule has 5 heteroatoms. The molecule has 0 unspecified atom stereocenters. The summed E-state index contributed by atoms with van der Waals surface area (Å²) in [4.78, 5) is 7.37. The Kier molecular flexibility index (Phi) is 14.1. The van der Waals surface area contributed by atoms with Crippen molar-refractivity contribution in [3.63, 3.8) is 0 Å². The van der Waals surface area contributed by atoms with Crippen LogP contribution in [-0.2, 0) is 6.42 Å². The van der Waals surface area contributed by atoms with Crippen LogP contribution in [0.25, 0.3) is 0 Å². The van der Waals surface area contributed by atoms with Crippen LogP contribution in [0.2, 0.25) is 0 Å². The largest absolute Gasteiger partial charge is 0.301 e. The number of hydrogen-bond acceptors (Lipinski definition) is 3. The topological polar surface area (TPSA) is 9.72 Å². The van der Waals surface area contributed by atoms with Gasteiger partial charge in [0.1, 0.15) is 11.5 Å². The highest BCUT2D eigenvalue weighted by atomic mass is 19.1. The predicted molar refractivity (Wildman–Crippen MR) is 167 cm³/mol. The number of likely N-dealkylation sites (tertiary alicyclic amines) is 1. The molecule has 0 radical (unpaired) electrons. The van der Waals surface area contributed by atoms with Gasteiger partial charge in [-0.2, -0.15) is 0 Å². The van der Waals surface area contributed by atoms with Crippen LogP contribution < -0.4 is 0 Å². The normalized spacial score (nSPS) is 18.9. The number of halogens is 2. The summed E-state index contributed by atoms with van der Waals surface area (Å²) >= 11 is 0. The zero-order valence-corrected chi connectivity index (χ0v) is 27.8. The highest BCUT2D eigenvalue weighted by Gasteiger charge is 2.38. The SMILES string of the molecule is CC(C)(C)CCN1CC(C)(F)C1.CCCN1CCN(CC(C)(C)C)CC1.Cc1cc(F)cc(CC(C)(C)C)c1. The number of nitrogens with zero attached hydrogens (tertiary/aromatic N) is 3. The fraction of sp³-hybridized carbons (Fsp3) is 0.824. The fourth-order valence-electron chi connectivity index (χ4n) is 5.22. The summed E-state index contributed by atoms with van der Waals surface area (Å²) in [5.74, 6) is -0.126. The molecule has 0 aliphatic carbocycles. The molecule has 0 spiro atoms. The van der Waals surface area contributed by atoms with Gasteiger partial charge in [-0.05, 0) is 85.7 Å². The van der Waals surface area contributed by atoms with E-state index in [0.717, 1.165) is 30.5 Å². The lowest BCUT2D eigenvalue weighted by Gasteiger charge is -2.43. The van der Waals surface area contributed by atoms with E-state index >= 15 is 0 Å². The van der Waals surface area contributed by atoms with Crippen molar-refractivity contribution in [3.05, 3.63) is 35.1 Å². The summed E-state index contributed by atoms with van der Waals surface area (Å²) in [5.41, 5.74) is 2.23. The molecule has 1 aromatic rings. The zero-order valence-electron chi connectivity index (χ0n) is 27.8. The summed E-state index contributed by atoms with van der Waals surface area (Å²) in [6.07, 6.45) is 3.37. The summed E-state index contributed by atoms with van der Waals surface area (Å²) in [6, 6.07) is 5.23. The van der Waals surface area contributed by atoms with Gasteiger partial charge in [0.05, 0.1) is 0 Å². The Hall–Kier alpha value is -1.04. The highest BCUT2D eigenvalue weighted by molar-refractivity contribution is 5.24. The summed E-state index contributed by atoms with van der Waals surface area (Å²) < 4.78 is 26.0. The first kappa shape index (κ1) is 36.0. The molecule has 2 heterocycles. The van der Waals surface area contributed by atoms with E-state index in [-0.39, 0.29) is 11.2 Å². The second-order valence-electron chi connectivity index (χ2n) is 16.0. The second kappa shape index (κ2) is 15.3. The van der Waals surface area contributed by atoms with Crippen molar-refractivity contribution in [2.45, 2.75) is 108 Å². The Labute approximate surface area is 241 Å². The van der Waals surface area contributed by atoms with Gasteiger partial charge in [0, 0.05) is 45.8 Å². The first-order valence-electron chi connectivity index (χ1n) is 15.3. The van der Waals surface area contributed by atoms with Gasteiger partial charge in [-0.3, -0.25) is 4.90 Å². The average molecular weight is 552 g/mol. The number of benzene rings is 1. The van der Waals surface area contributed by atoms with Crippen LogP contribution in [0.15, 0.2) is 18.2 Å². The molecular formula is C34H63F2N3. The molecular weight excluding hydrogens is 488 g/mol. The first-order valence-corrected chi connectivity index (χ1v) is 15.3. The molecule has 0 saturated carbocycles. The molecule has 39 heavy (non-hydrogen) atoms. The Morgan fingerprint density at radius 1 is 0.744 bits per heavy atom. The maximum absolute atomic E-state index is 13.0. The molecule has 228 valence electrons. The predicted octanol–water partition coefficient (Wildman–Crippen LogP) is 8.25. The Balaban J connectivity index is 0.000000293.